The quantitative estimate of drug-likeness (QED) is 0.649. The molecule has 4 rings (SSSR count). The Labute approximate surface area is 174 Å². The van der Waals surface area contributed by atoms with Crippen molar-refractivity contribution >= 4 is 23.2 Å². The second kappa shape index (κ2) is 8.92. The van der Waals surface area contributed by atoms with Crippen molar-refractivity contribution in [2.75, 3.05) is 6.54 Å². The summed E-state index contributed by atoms with van der Waals surface area (Å²) in [5, 5.41) is 12.0. The molecule has 2 heterocycles. The van der Waals surface area contributed by atoms with E-state index in [1.807, 2.05) is 71.7 Å². The van der Waals surface area contributed by atoms with Gasteiger partial charge in [0.25, 0.3) is 5.91 Å². The molecule has 0 radical (unpaired) electrons. The smallest absolute Gasteiger partial charge is 0.264 e. The van der Waals surface area contributed by atoms with Gasteiger partial charge < -0.3 is 10.2 Å². The normalized spacial score (nSPS) is 15.6. The van der Waals surface area contributed by atoms with E-state index in [1.54, 1.807) is 0 Å². The molecule has 29 heavy (non-hydrogen) atoms. The van der Waals surface area contributed by atoms with E-state index in [4.69, 9.17) is 16.4 Å². The maximum absolute atomic E-state index is 12.4. The van der Waals surface area contributed by atoms with Crippen molar-refractivity contribution in [3.8, 4) is 5.69 Å². The predicted molar refractivity (Wildman–Crippen MR) is 112 cm³/mol. The molecule has 1 atom stereocenters. The summed E-state index contributed by atoms with van der Waals surface area (Å²) in [6.07, 6.45) is 4.96. The molecule has 6 nitrogen and oxygen atoms in total. The lowest BCUT2D eigenvalue weighted by Gasteiger charge is -2.09. The van der Waals surface area contributed by atoms with Gasteiger partial charge >= 0.3 is 0 Å². The molecule has 0 saturated carbocycles. The monoisotopic (exact) mass is 408 g/mol. The van der Waals surface area contributed by atoms with Crippen LogP contribution in [-0.4, -0.2) is 34.0 Å². The Morgan fingerprint density at radius 1 is 1.17 bits per heavy atom. The first-order valence-electron chi connectivity index (χ1n) is 9.51. The fraction of sp³-hybridized carbons (Fsp3) is 0.227. The number of aromatic nitrogens is 2. The molecule has 0 bridgehead atoms. The third-order valence-electron chi connectivity index (χ3n) is 4.74. The number of nitrogens with one attached hydrogen (secondary N) is 1. The van der Waals surface area contributed by atoms with Gasteiger partial charge in [0, 0.05) is 30.6 Å². The summed E-state index contributed by atoms with van der Waals surface area (Å²) in [7, 11) is 0. The Morgan fingerprint density at radius 2 is 1.97 bits per heavy atom. The van der Waals surface area contributed by atoms with Crippen molar-refractivity contribution in [1.29, 1.82) is 0 Å². The largest absolute Gasteiger partial charge is 0.382 e. The molecule has 0 spiro atoms. The second-order valence-electron chi connectivity index (χ2n) is 6.89. The third kappa shape index (κ3) is 4.84. The lowest BCUT2D eigenvalue weighted by atomic mass is 10.0. The third-order valence-corrected chi connectivity index (χ3v) is 5.11. The summed E-state index contributed by atoms with van der Waals surface area (Å²) in [5.74, 6) is -0.154. The number of para-hydroxylation sites is 1. The highest BCUT2D eigenvalue weighted by molar-refractivity contribution is 6.31. The van der Waals surface area contributed by atoms with Gasteiger partial charge in [0.15, 0.2) is 0 Å². The van der Waals surface area contributed by atoms with E-state index in [-0.39, 0.29) is 5.91 Å². The Morgan fingerprint density at radius 3 is 2.79 bits per heavy atom. The Kier molecular flexibility index (Phi) is 5.91. The van der Waals surface area contributed by atoms with Crippen molar-refractivity contribution < 1.29 is 9.63 Å². The van der Waals surface area contributed by atoms with Crippen molar-refractivity contribution in [2.45, 2.75) is 25.4 Å². The van der Waals surface area contributed by atoms with Crippen LogP contribution in [-0.2, 0) is 22.5 Å². The summed E-state index contributed by atoms with van der Waals surface area (Å²) in [6, 6.07) is 17.5. The number of carbonyl (C=O) groups is 1. The van der Waals surface area contributed by atoms with Crippen molar-refractivity contribution in [3.63, 3.8) is 0 Å². The topological polar surface area (TPSA) is 68.5 Å². The number of amides is 1. The van der Waals surface area contributed by atoms with E-state index >= 15 is 0 Å². The van der Waals surface area contributed by atoms with Gasteiger partial charge in [-0.2, -0.15) is 5.10 Å². The molecular formula is C22H21ClN4O2. The standard InChI is InChI=1S/C22H21ClN4O2/c23-20-9-5-4-6-17(20)12-18-13-21(29-26-18)22(28)24-11-10-16-14-25-27(15-16)19-7-2-1-3-8-19/h1-9,14-15,21H,10-13H2,(H,24,28). The zero-order valence-corrected chi connectivity index (χ0v) is 16.5. The van der Waals surface area contributed by atoms with E-state index in [0.717, 1.165) is 22.5 Å². The van der Waals surface area contributed by atoms with E-state index in [0.29, 0.717) is 30.8 Å². The van der Waals surface area contributed by atoms with Crippen LogP contribution in [0.4, 0.5) is 0 Å². The number of benzene rings is 2. The lowest BCUT2D eigenvalue weighted by molar-refractivity contribution is -0.131. The fourth-order valence-corrected chi connectivity index (χ4v) is 3.39. The summed E-state index contributed by atoms with van der Waals surface area (Å²) in [4.78, 5) is 17.7. The van der Waals surface area contributed by atoms with Crippen molar-refractivity contribution in [2.24, 2.45) is 5.16 Å². The van der Waals surface area contributed by atoms with Crippen LogP contribution < -0.4 is 5.32 Å². The number of carbonyl (C=O) groups excluding carboxylic acids is 1. The summed E-state index contributed by atoms with van der Waals surface area (Å²) < 4.78 is 1.83. The predicted octanol–water partition coefficient (Wildman–Crippen LogP) is 3.57. The molecule has 7 heteroatoms. The highest BCUT2D eigenvalue weighted by Gasteiger charge is 2.28. The first-order valence-corrected chi connectivity index (χ1v) is 9.88. The molecule has 1 aromatic heterocycles. The van der Waals surface area contributed by atoms with Gasteiger partial charge in [-0.15, -0.1) is 0 Å². The molecule has 1 aliphatic rings. The molecule has 1 amide bonds. The Bertz CT molecular complexity index is 1020. The van der Waals surface area contributed by atoms with Gasteiger partial charge in [-0.05, 0) is 35.7 Å². The Hall–Kier alpha value is -3.12. The van der Waals surface area contributed by atoms with Gasteiger partial charge in [-0.3, -0.25) is 4.79 Å². The van der Waals surface area contributed by atoms with Crippen LogP contribution in [0, 0.1) is 0 Å². The average molecular weight is 409 g/mol. The minimum absolute atomic E-state index is 0.154. The first-order chi connectivity index (χ1) is 14.2. The molecule has 2 aromatic carbocycles. The van der Waals surface area contributed by atoms with Crippen LogP contribution in [0.2, 0.25) is 5.02 Å². The molecule has 0 fully saturated rings. The molecule has 0 saturated heterocycles. The van der Waals surface area contributed by atoms with Crippen LogP contribution in [0.1, 0.15) is 17.5 Å². The molecule has 1 N–H and O–H groups in total. The Balaban J connectivity index is 1.23. The van der Waals surface area contributed by atoms with Crippen molar-refractivity contribution in [1.82, 2.24) is 15.1 Å². The molecule has 3 aromatic rings. The van der Waals surface area contributed by atoms with Gasteiger partial charge in [-0.1, -0.05) is 53.2 Å². The lowest BCUT2D eigenvalue weighted by Crippen LogP contribution is -2.36. The zero-order valence-electron chi connectivity index (χ0n) is 15.8. The number of rotatable bonds is 7. The highest BCUT2D eigenvalue weighted by Crippen LogP contribution is 2.20. The van der Waals surface area contributed by atoms with Crippen LogP contribution >= 0.6 is 11.6 Å². The van der Waals surface area contributed by atoms with E-state index in [9.17, 15) is 4.79 Å². The van der Waals surface area contributed by atoms with Gasteiger partial charge in [0.05, 0.1) is 17.6 Å². The van der Waals surface area contributed by atoms with E-state index in [1.165, 1.54) is 0 Å². The van der Waals surface area contributed by atoms with Gasteiger partial charge in [0.2, 0.25) is 6.10 Å². The molecule has 0 aliphatic carbocycles. The number of oxime groups is 1. The van der Waals surface area contributed by atoms with Crippen LogP contribution in [0.5, 0.6) is 0 Å². The molecular weight excluding hydrogens is 388 g/mol. The summed E-state index contributed by atoms with van der Waals surface area (Å²) >= 11 is 6.19. The highest BCUT2D eigenvalue weighted by atomic mass is 35.5. The van der Waals surface area contributed by atoms with E-state index < -0.39 is 6.10 Å². The minimum Gasteiger partial charge on any atom is -0.382 e. The minimum atomic E-state index is -0.584. The average Bonchev–Trinajstić information content (AvgIpc) is 3.40. The maximum Gasteiger partial charge on any atom is 0.264 e. The van der Waals surface area contributed by atoms with Crippen LogP contribution in [0.15, 0.2) is 72.1 Å². The zero-order chi connectivity index (χ0) is 20.1. The van der Waals surface area contributed by atoms with Gasteiger partial charge in [-0.25, -0.2) is 4.68 Å². The number of hydrogen-bond donors (Lipinski definition) is 1. The first kappa shape index (κ1) is 19.2. The second-order valence-corrected chi connectivity index (χ2v) is 7.30. The maximum atomic E-state index is 12.4. The molecule has 148 valence electrons. The van der Waals surface area contributed by atoms with Crippen LogP contribution in [0.3, 0.4) is 0 Å². The number of hydrogen-bond acceptors (Lipinski definition) is 4. The number of nitrogens with zero attached hydrogens (tertiary/aromatic N) is 3. The van der Waals surface area contributed by atoms with E-state index in [2.05, 4.69) is 15.6 Å². The SMILES string of the molecule is O=C(NCCc1cnn(-c2ccccc2)c1)C1CC(Cc2ccccc2Cl)=NO1. The summed E-state index contributed by atoms with van der Waals surface area (Å²) in [5.41, 5.74) is 3.86. The summed E-state index contributed by atoms with van der Waals surface area (Å²) in [6.45, 7) is 0.513. The molecule has 1 aliphatic heterocycles. The van der Waals surface area contributed by atoms with Crippen LogP contribution in [0.25, 0.3) is 5.69 Å². The van der Waals surface area contributed by atoms with Gasteiger partial charge in [0.1, 0.15) is 0 Å². The molecule has 1 unspecified atom stereocenters. The number of halogens is 1. The van der Waals surface area contributed by atoms with Crippen molar-refractivity contribution in [3.05, 3.63) is 83.1 Å². The fourth-order valence-electron chi connectivity index (χ4n) is 3.19.